The van der Waals surface area contributed by atoms with E-state index in [2.05, 4.69) is 73.1 Å². The van der Waals surface area contributed by atoms with E-state index in [9.17, 15) is 4.79 Å². The number of methoxy groups -OCH3 is 1. The first-order valence-electron chi connectivity index (χ1n) is 12.2. The van der Waals surface area contributed by atoms with E-state index in [1.807, 2.05) is 48.5 Å². The van der Waals surface area contributed by atoms with E-state index >= 15 is 0 Å². The van der Waals surface area contributed by atoms with Gasteiger partial charge in [0.05, 0.1) is 30.6 Å². The Kier molecular flexibility index (Phi) is 7.23. The van der Waals surface area contributed by atoms with Gasteiger partial charge >= 0.3 is 0 Å². The van der Waals surface area contributed by atoms with Gasteiger partial charge in [0.2, 0.25) is 5.91 Å². The summed E-state index contributed by atoms with van der Waals surface area (Å²) in [6, 6.07) is 21.7. The van der Waals surface area contributed by atoms with Gasteiger partial charge in [-0.3, -0.25) is 9.78 Å². The van der Waals surface area contributed by atoms with Crippen LogP contribution in [0.1, 0.15) is 41.7 Å². The van der Waals surface area contributed by atoms with Crippen molar-refractivity contribution < 1.29 is 9.53 Å². The minimum Gasteiger partial charge on any atom is -0.495 e. The van der Waals surface area contributed by atoms with Crippen molar-refractivity contribution in [1.29, 1.82) is 0 Å². The molecular formula is C29H28BrN5O2S. The predicted octanol–water partition coefficient (Wildman–Crippen LogP) is 6.40. The highest BCUT2D eigenvalue weighted by atomic mass is 79.9. The maximum absolute atomic E-state index is 11.9. The fraction of sp³-hybridized carbons (Fsp3) is 0.207. The van der Waals surface area contributed by atoms with Crippen LogP contribution < -0.4 is 20.3 Å². The second-order valence-corrected chi connectivity index (χ2v) is 10.5. The molecule has 5 rings (SSSR count). The average molecular weight is 591 g/mol. The van der Waals surface area contributed by atoms with Gasteiger partial charge in [0.25, 0.3) is 0 Å². The number of anilines is 2. The standard InChI is InChI=1S/C29H28BrN5O2S/c1-17-14-23(18(2)34(17)21-9-7-8-20(30)15-21)28-27(24-10-5-6-13-31-24)33-29(38)35(28)22-11-12-26(37-4)25(16-22)32-19(3)36/h5-16,27-28H,1-4H3,(H,32,36)(H,33,38)/t27-,28-/m1/s1. The summed E-state index contributed by atoms with van der Waals surface area (Å²) in [6.45, 7) is 5.72. The van der Waals surface area contributed by atoms with E-state index in [1.54, 1.807) is 13.3 Å². The zero-order valence-corrected chi connectivity index (χ0v) is 23.9. The van der Waals surface area contributed by atoms with Crippen molar-refractivity contribution in [3.8, 4) is 11.4 Å². The number of nitrogens with one attached hydrogen (secondary N) is 2. The molecule has 1 saturated heterocycles. The molecule has 2 atom stereocenters. The number of benzene rings is 2. The number of hydrogen-bond donors (Lipinski definition) is 2. The summed E-state index contributed by atoms with van der Waals surface area (Å²) >= 11 is 9.53. The van der Waals surface area contributed by atoms with Crippen LogP contribution in [0.5, 0.6) is 5.75 Å². The second kappa shape index (κ2) is 10.6. The monoisotopic (exact) mass is 589 g/mol. The highest BCUT2D eigenvalue weighted by Gasteiger charge is 2.42. The topological polar surface area (TPSA) is 71.4 Å². The molecule has 0 radical (unpaired) electrons. The van der Waals surface area contributed by atoms with Crippen LogP contribution in [0.2, 0.25) is 0 Å². The Morgan fingerprint density at radius 3 is 2.58 bits per heavy atom. The lowest BCUT2D eigenvalue weighted by Gasteiger charge is -2.29. The van der Waals surface area contributed by atoms with Gasteiger partial charge in [-0.25, -0.2) is 0 Å². The van der Waals surface area contributed by atoms with E-state index in [0.717, 1.165) is 38.5 Å². The predicted molar refractivity (Wildman–Crippen MR) is 158 cm³/mol. The summed E-state index contributed by atoms with van der Waals surface area (Å²) in [7, 11) is 1.58. The molecule has 7 nitrogen and oxygen atoms in total. The average Bonchev–Trinajstić information content (AvgIpc) is 3.39. The van der Waals surface area contributed by atoms with Crippen molar-refractivity contribution in [2.24, 2.45) is 0 Å². The largest absolute Gasteiger partial charge is 0.495 e. The molecule has 2 aromatic carbocycles. The van der Waals surface area contributed by atoms with Crippen LogP contribution in [0.4, 0.5) is 11.4 Å². The van der Waals surface area contributed by atoms with Crippen molar-refractivity contribution >= 4 is 50.5 Å². The number of aryl methyl sites for hydroxylation is 1. The number of pyridine rings is 1. The van der Waals surface area contributed by atoms with Gasteiger partial charge in [-0.15, -0.1) is 0 Å². The van der Waals surface area contributed by atoms with Gasteiger partial charge in [-0.1, -0.05) is 28.1 Å². The fourth-order valence-corrected chi connectivity index (χ4v) is 5.91. The van der Waals surface area contributed by atoms with Crippen LogP contribution in [0.15, 0.2) is 77.4 Å². The number of carbonyl (C=O) groups excluding carboxylic acids is 1. The normalized spacial score (nSPS) is 16.9. The zero-order chi connectivity index (χ0) is 27.0. The number of hydrogen-bond acceptors (Lipinski definition) is 4. The number of ether oxygens (including phenoxy) is 1. The Balaban J connectivity index is 1.68. The van der Waals surface area contributed by atoms with E-state index in [-0.39, 0.29) is 18.0 Å². The van der Waals surface area contributed by atoms with Crippen LogP contribution in [0.25, 0.3) is 5.69 Å². The number of aromatic nitrogens is 2. The molecule has 9 heteroatoms. The summed E-state index contributed by atoms with van der Waals surface area (Å²) in [5.41, 5.74) is 6.74. The van der Waals surface area contributed by atoms with Crippen LogP contribution in [-0.4, -0.2) is 27.7 Å². The molecule has 2 N–H and O–H groups in total. The van der Waals surface area contributed by atoms with Crippen LogP contribution in [0.3, 0.4) is 0 Å². The summed E-state index contributed by atoms with van der Waals surface area (Å²) in [5.74, 6) is 0.399. The lowest BCUT2D eigenvalue weighted by Crippen LogP contribution is -2.29. The zero-order valence-electron chi connectivity index (χ0n) is 21.5. The molecule has 1 aliphatic heterocycles. The third-order valence-electron chi connectivity index (χ3n) is 6.73. The fourth-order valence-electron chi connectivity index (χ4n) is 5.18. The SMILES string of the molecule is COc1ccc(N2C(=S)N[C@H](c3ccccn3)[C@H]2c2cc(C)n(-c3cccc(Br)c3)c2C)cc1NC(C)=O. The molecule has 0 spiro atoms. The number of halogens is 1. The molecule has 0 aliphatic carbocycles. The van der Waals surface area contributed by atoms with Gasteiger partial charge in [-0.2, -0.15) is 0 Å². The van der Waals surface area contributed by atoms with Crippen LogP contribution in [0, 0.1) is 13.8 Å². The van der Waals surface area contributed by atoms with Crippen molar-refractivity contribution in [1.82, 2.24) is 14.9 Å². The second-order valence-electron chi connectivity index (χ2n) is 9.20. The Morgan fingerprint density at radius 2 is 1.89 bits per heavy atom. The van der Waals surface area contributed by atoms with E-state index in [0.29, 0.717) is 16.5 Å². The van der Waals surface area contributed by atoms with Crippen molar-refractivity contribution in [3.63, 3.8) is 0 Å². The van der Waals surface area contributed by atoms with Gasteiger partial charge < -0.3 is 24.8 Å². The molecule has 3 heterocycles. The maximum atomic E-state index is 11.9. The molecule has 1 fully saturated rings. The third kappa shape index (κ3) is 4.79. The smallest absolute Gasteiger partial charge is 0.221 e. The highest BCUT2D eigenvalue weighted by molar-refractivity contribution is 9.10. The van der Waals surface area contributed by atoms with Crippen LogP contribution in [-0.2, 0) is 4.79 Å². The number of carbonyl (C=O) groups is 1. The minimum atomic E-state index is -0.192. The van der Waals surface area contributed by atoms with E-state index in [1.165, 1.54) is 6.92 Å². The summed E-state index contributed by atoms with van der Waals surface area (Å²) in [4.78, 5) is 18.7. The summed E-state index contributed by atoms with van der Waals surface area (Å²) < 4.78 is 8.76. The number of rotatable bonds is 6. The molecule has 38 heavy (non-hydrogen) atoms. The minimum absolute atomic E-state index is 0.178. The van der Waals surface area contributed by atoms with Crippen molar-refractivity contribution in [2.75, 3.05) is 17.3 Å². The Bertz CT molecular complexity index is 1520. The molecular weight excluding hydrogens is 562 g/mol. The number of amides is 1. The van der Waals surface area contributed by atoms with Gasteiger partial charge in [0, 0.05) is 40.4 Å². The Labute approximate surface area is 236 Å². The highest BCUT2D eigenvalue weighted by Crippen LogP contribution is 2.45. The Hall–Kier alpha value is -3.69. The van der Waals surface area contributed by atoms with Gasteiger partial charge in [0.1, 0.15) is 5.75 Å². The molecule has 1 amide bonds. The maximum Gasteiger partial charge on any atom is 0.221 e. The molecule has 0 saturated carbocycles. The molecule has 0 unspecified atom stereocenters. The first kappa shape index (κ1) is 25.9. The molecule has 0 bridgehead atoms. The molecule has 1 aliphatic rings. The van der Waals surface area contributed by atoms with Gasteiger partial charge in [-0.05, 0) is 86.2 Å². The third-order valence-corrected chi connectivity index (χ3v) is 7.53. The van der Waals surface area contributed by atoms with E-state index in [4.69, 9.17) is 17.0 Å². The first-order valence-corrected chi connectivity index (χ1v) is 13.4. The lowest BCUT2D eigenvalue weighted by molar-refractivity contribution is -0.114. The molecule has 194 valence electrons. The van der Waals surface area contributed by atoms with Gasteiger partial charge in [0.15, 0.2) is 5.11 Å². The van der Waals surface area contributed by atoms with Crippen molar-refractivity contribution in [2.45, 2.75) is 32.9 Å². The van der Waals surface area contributed by atoms with E-state index < -0.39 is 0 Å². The van der Waals surface area contributed by atoms with Crippen molar-refractivity contribution in [3.05, 3.63) is 100 Å². The number of thiocarbonyl (C=S) groups is 1. The summed E-state index contributed by atoms with van der Waals surface area (Å²) in [5, 5.41) is 6.98. The lowest BCUT2D eigenvalue weighted by atomic mass is 9.96. The quantitative estimate of drug-likeness (QED) is 0.254. The Morgan fingerprint density at radius 1 is 1.08 bits per heavy atom. The summed E-state index contributed by atoms with van der Waals surface area (Å²) in [6.07, 6.45) is 1.80. The molecule has 2 aromatic heterocycles. The first-order chi connectivity index (χ1) is 18.3. The molecule has 4 aromatic rings. The number of nitrogens with zero attached hydrogens (tertiary/aromatic N) is 3. The van der Waals surface area contributed by atoms with Crippen LogP contribution >= 0.6 is 28.1 Å².